The van der Waals surface area contributed by atoms with Gasteiger partial charge in [-0.15, -0.1) is 0 Å². The lowest BCUT2D eigenvalue weighted by Crippen LogP contribution is -2.56. The molecule has 1 aliphatic carbocycles. The van der Waals surface area contributed by atoms with E-state index in [2.05, 4.69) is 31.0 Å². The van der Waals surface area contributed by atoms with Gasteiger partial charge >= 0.3 is 0 Å². The average molecular weight is 224 g/mol. The molecule has 1 saturated heterocycles. The molecule has 2 rings (SSSR count). The number of nitrogens with one attached hydrogen (secondary N) is 1. The second-order valence-electron chi connectivity index (χ2n) is 5.99. The van der Waals surface area contributed by atoms with Crippen molar-refractivity contribution in [1.82, 2.24) is 10.2 Å². The zero-order valence-corrected chi connectivity index (χ0v) is 10.8. The molecule has 1 saturated carbocycles. The molecule has 0 atom stereocenters. The molecule has 0 aromatic rings. The van der Waals surface area contributed by atoms with Crippen LogP contribution in [0.5, 0.6) is 0 Å². The minimum absolute atomic E-state index is 0.0725. The van der Waals surface area contributed by atoms with E-state index in [9.17, 15) is 4.79 Å². The minimum atomic E-state index is -0.0725. The van der Waals surface area contributed by atoms with Crippen LogP contribution in [0.1, 0.15) is 46.5 Å². The van der Waals surface area contributed by atoms with Gasteiger partial charge in [-0.25, -0.2) is 0 Å². The van der Waals surface area contributed by atoms with Crippen molar-refractivity contribution in [2.24, 2.45) is 5.41 Å². The third kappa shape index (κ3) is 2.24. The molecule has 2 fully saturated rings. The van der Waals surface area contributed by atoms with Crippen molar-refractivity contribution in [2.75, 3.05) is 13.1 Å². The number of amides is 1. The zero-order chi connectivity index (χ0) is 11.8. The second kappa shape index (κ2) is 4.36. The van der Waals surface area contributed by atoms with Gasteiger partial charge in [0, 0.05) is 30.6 Å². The number of hydrogen-bond acceptors (Lipinski definition) is 2. The third-order valence-corrected chi connectivity index (χ3v) is 3.87. The lowest BCUT2D eigenvalue weighted by Gasteiger charge is -2.46. The molecule has 3 nitrogen and oxygen atoms in total. The maximum atomic E-state index is 12.3. The topological polar surface area (TPSA) is 32.3 Å². The molecule has 0 aromatic heterocycles. The SMILES string of the molecule is CC(C)NC1CC(C)(C(=O)N2CCCC2)C1. The Morgan fingerprint density at radius 2 is 1.88 bits per heavy atom. The highest BCUT2D eigenvalue weighted by molar-refractivity contribution is 5.83. The first-order chi connectivity index (χ1) is 7.51. The molecular formula is C13H24N2O. The van der Waals surface area contributed by atoms with E-state index in [-0.39, 0.29) is 5.41 Å². The summed E-state index contributed by atoms with van der Waals surface area (Å²) in [7, 11) is 0. The number of hydrogen-bond donors (Lipinski definition) is 1. The molecule has 0 radical (unpaired) electrons. The van der Waals surface area contributed by atoms with Gasteiger partial charge in [-0.1, -0.05) is 20.8 Å². The smallest absolute Gasteiger partial charge is 0.228 e. The summed E-state index contributed by atoms with van der Waals surface area (Å²) < 4.78 is 0. The van der Waals surface area contributed by atoms with E-state index in [1.54, 1.807) is 0 Å². The van der Waals surface area contributed by atoms with E-state index in [1.807, 2.05) is 0 Å². The maximum Gasteiger partial charge on any atom is 0.228 e. The lowest BCUT2D eigenvalue weighted by atomic mass is 9.65. The number of likely N-dealkylation sites (tertiary alicyclic amines) is 1. The summed E-state index contributed by atoms with van der Waals surface area (Å²) in [6.07, 6.45) is 4.41. The Kier molecular flexibility index (Phi) is 3.24. The predicted octanol–water partition coefficient (Wildman–Crippen LogP) is 1.78. The molecule has 1 aliphatic heterocycles. The highest BCUT2D eigenvalue weighted by Crippen LogP contribution is 2.42. The fraction of sp³-hybridized carbons (Fsp3) is 0.923. The van der Waals surface area contributed by atoms with E-state index in [1.165, 1.54) is 12.8 Å². The van der Waals surface area contributed by atoms with Crippen molar-refractivity contribution in [3.05, 3.63) is 0 Å². The fourth-order valence-corrected chi connectivity index (χ4v) is 3.09. The summed E-state index contributed by atoms with van der Waals surface area (Å²) in [5.41, 5.74) is -0.0725. The average Bonchev–Trinajstić information content (AvgIpc) is 2.65. The number of carbonyl (C=O) groups excluding carboxylic acids is 1. The molecule has 1 heterocycles. The van der Waals surface area contributed by atoms with Gasteiger partial charge < -0.3 is 10.2 Å². The number of carbonyl (C=O) groups is 1. The lowest BCUT2D eigenvalue weighted by molar-refractivity contribution is -0.146. The van der Waals surface area contributed by atoms with Crippen LogP contribution >= 0.6 is 0 Å². The first-order valence-corrected chi connectivity index (χ1v) is 6.57. The molecule has 0 spiro atoms. The van der Waals surface area contributed by atoms with Crippen LogP contribution in [0.15, 0.2) is 0 Å². The van der Waals surface area contributed by atoms with Crippen molar-refractivity contribution in [3.8, 4) is 0 Å². The normalized spacial score (nSPS) is 34.2. The molecule has 3 heteroatoms. The highest BCUT2D eigenvalue weighted by Gasteiger charge is 2.48. The van der Waals surface area contributed by atoms with Crippen molar-refractivity contribution >= 4 is 5.91 Å². The Morgan fingerprint density at radius 1 is 1.31 bits per heavy atom. The van der Waals surface area contributed by atoms with E-state index in [0.717, 1.165) is 25.9 Å². The van der Waals surface area contributed by atoms with Gasteiger partial charge in [0.2, 0.25) is 5.91 Å². The van der Waals surface area contributed by atoms with Crippen molar-refractivity contribution in [2.45, 2.75) is 58.5 Å². The van der Waals surface area contributed by atoms with Crippen LogP contribution in [0.2, 0.25) is 0 Å². The molecule has 2 aliphatic rings. The maximum absolute atomic E-state index is 12.3. The predicted molar refractivity (Wildman–Crippen MR) is 65.2 cm³/mol. The zero-order valence-electron chi connectivity index (χ0n) is 10.8. The van der Waals surface area contributed by atoms with Crippen LogP contribution in [-0.4, -0.2) is 36.0 Å². The van der Waals surface area contributed by atoms with Gasteiger partial charge in [0.25, 0.3) is 0 Å². The Labute approximate surface area is 98.6 Å². The Morgan fingerprint density at radius 3 is 2.38 bits per heavy atom. The van der Waals surface area contributed by atoms with Crippen LogP contribution in [0.3, 0.4) is 0 Å². The third-order valence-electron chi connectivity index (χ3n) is 3.87. The second-order valence-corrected chi connectivity index (χ2v) is 5.99. The fourth-order valence-electron chi connectivity index (χ4n) is 3.09. The molecule has 0 aromatic carbocycles. The Hall–Kier alpha value is -0.570. The largest absolute Gasteiger partial charge is 0.342 e. The summed E-state index contributed by atoms with van der Waals surface area (Å²) in [6, 6.07) is 1.08. The quantitative estimate of drug-likeness (QED) is 0.792. The Bertz CT molecular complexity index is 263. The van der Waals surface area contributed by atoms with Crippen LogP contribution in [0.4, 0.5) is 0 Å². The van der Waals surface area contributed by atoms with Gasteiger partial charge in [0.15, 0.2) is 0 Å². The van der Waals surface area contributed by atoms with Crippen LogP contribution in [0, 0.1) is 5.41 Å². The summed E-state index contributed by atoms with van der Waals surface area (Å²) in [5.74, 6) is 0.395. The van der Waals surface area contributed by atoms with Gasteiger partial charge in [-0.3, -0.25) is 4.79 Å². The van der Waals surface area contributed by atoms with Crippen LogP contribution < -0.4 is 5.32 Å². The standard InChI is InChI=1S/C13H24N2O/c1-10(2)14-11-8-13(3,9-11)12(16)15-6-4-5-7-15/h10-11,14H,4-9H2,1-3H3. The summed E-state index contributed by atoms with van der Waals surface area (Å²) in [5, 5.41) is 3.51. The summed E-state index contributed by atoms with van der Waals surface area (Å²) >= 11 is 0. The molecule has 1 N–H and O–H groups in total. The van der Waals surface area contributed by atoms with Gasteiger partial charge in [-0.2, -0.15) is 0 Å². The summed E-state index contributed by atoms with van der Waals surface area (Å²) in [6.45, 7) is 8.43. The van der Waals surface area contributed by atoms with Crippen molar-refractivity contribution < 1.29 is 4.79 Å². The van der Waals surface area contributed by atoms with Crippen molar-refractivity contribution in [1.29, 1.82) is 0 Å². The molecular weight excluding hydrogens is 200 g/mol. The van der Waals surface area contributed by atoms with E-state index in [0.29, 0.717) is 18.0 Å². The van der Waals surface area contributed by atoms with E-state index in [4.69, 9.17) is 0 Å². The van der Waals surface area contributed by atoms with Crippen LogP contribution in [0.25, 0.3) is 0 Å². The minimum Gasteiger partial charge on any atom is -0.342 e. The van der Waals surface area contributed by atoms with Crippen molar-refractivity contribution in [3.63, 3.8) is 0 Å². The molecule has 92 valence electrons. The van der Waals surface area contributed by atoms with E-state index >= 15 is 0 Å². The number of rotatable bonds is 3. The molecule has 1 amide bonds. The molecule has 0 unspecified atom stereocenters. The highest BCUT2D eigenvalue weighted by atomic mass is 16.2. The molecule has 0 bridgehead atoms. The first-order valence-electron chi connectivity index (χ1n) is 6.57. The summed E-state index contributed by atoms with van der Waals surface area (Å²) in [4.78, 5) is 14.3. The monoisotopic (exact) mass is 224 g/mol. The van der Waals surface area contributed by atoms with E-state index < -0.39 is 0 Å². The van der Waals surface area contributed by atoms with Gasteiger partial charge in [-0.05, 0) is 25.7 Å². The van der Waals surface area contributed by atoms with Gasteiger partial charge in [0.05, 0.1) is 0 Å². The Balaban J connectivity index is 1.84. The van der Waals surface area contributed by atoms with Crippen LogP contribution in [-0.2, 0) is 4.79 Å². The first kappa shape index (κ1) is 11.9. The molecule has 16 heavy (non-hydrogen) atoms. The number of nitrogens with zero attached hydrogens (tertiary/aromatic N) is 1. The van der Waals surface area contributed by atoms with Gasteiger partial charge in [0.1, 0.15) is 0 Å².